The Morgan fingerprint density at radius 1 is 0.857 bits per heavy atom. The lowest BCUT2D eigenvalue weighted by Crippen LogP contribution is -2.11. The summed E-state index contributed by atoms with van der Waals surface area (Å²) in [5, 5.41) is 0. The van der Waals surface area contributed by atoms with Crippen LogP contribution in [0.15, 0.2) is 36.4 Å². The van der Waals surface area contributed by atoms with E-state index in [4.69, 9.17) is 18.9 Å². The van der Waals surface area contributed by atoms with Gasteiger partial charge in [-0.05, 0) is 67.5 Å². The lowest BCUT2D eigenvalue weighted by atomic mass is 9.96. The van der Waals surface area contributed by atoms with E-state index in [1.54, 1.807) is 19.9 Å². The zero-order valence-electron chi connectivity index (χ0n) is 22.0. The maximum absolute atomic E-state index is 12.7. The van der Waals surface area contributed by atoms with Crippen LogP contribution in [0, 0.1) is 11.8 Å². The molecule has 0 saturated heterocycles. The second kappa shape index (κ2) is 14.4. The Bertz CT molecular complexity index is 966. The molecule has 0 aliphatic rings. The number of ether oxygens (including phenoxy) is 4. The van der Waals surface area contributed by atoms with E-state index < -0.39 is 11.9 Å². The van der Waals surface area contributed by atoms with E-state index in [0.717, 1.165) is 17.9 Å². The molecule has 0 heterocycles. The molecule has 192 valence electrons. The van der Waals surface area contributed by atoms with Gasteiger partial charge in [0.15, 0.2) is 0 Å². The molecule has 0 saturated carbocycles. The quantitative estimate of drug-likeness (QED) is 0.270. The molecule has 1 atom stereocenters. The number of esters is 2. The van der Waals surface area contributed by atoms with Crippen LogP contribution in [-0.4, -0.2) is 38.9 Å². The molecular formula is C29H40O6. The molecule has 0 amide bonds. The second-order valence-corrected chi connectivity index (χ2v) is 9.13. The third-order valence-corrected chi connectivity index (χ3v) is 5.83. The number of benzene rings is 2. The van der Waals surface area contributed by atoms with Crippen molar-refractivity contribution in [3.05, 3.63) is 47.5 Å². The van der Waals surface area contributed by atoms with Crippen LogP contribution in [0.1, 0.15) is 81.0 Å². The van der Waals surface area contributed by atoms with Crippen molar-refractivity contribution in [1.29, 1.82) is 0 Å². The van der Waals surface area contributed by atoms with Crippen LogP contribution in [0.5, 0.6) is 11.5 Å². The van der Waals surface area contributed by atoms with Crippen molar-refractivity contribution >= 4 is 11.9 Å². The Balaban J connectivity index is 2.28. The van der Waals surface area contributed by atoms with Crippen LogP contribution in [0.2, 0.25) is 0 Å². The minimum absolute atomic E-state index is 0.232. The van der Waals surface area contributed by atoms with E-state index in [1.165, 1.54) is 32.4 Å². The number of carbonyl (C=O) groups is 2. The Kier molecular flexibility index (Phi) is 11.6. The molecule has 0 aliphatic heterocycles. The highest BCUT2D eigenvalue weighted by atomic mass is 16.5. The molecule has 0 aliphatic carbocycles. The average Bonchev–Trinajstić information content (AvgIpc) is 2.83. The second-order valence-electron chi connectivity index (χ2n) is 9.13. The molecule has 0 radical (unpaired) electrons. The van der Waals surface area contributed by atoms with E-state index in [9.17, 15) is 9.59 Å². The van der Waals surface area contributed by atoms with Gasteiger partial charge in [-0.3, -0.25) is 0 Å². The number of carbonyl (C=O) groups excluding carboxylic acids is 2. The molecule has 6 heteroatoms. The van der Waals surface area contributed by atoms with Gasteiger partial charge in [-0.2, -0.15) is 0 Å². The van der Waals surface area contributed by atoms with Gasteiger partial charge < -0.3 is 18.9 Å². The van der Waals surface area contributed by atoms with E-state index in [1.807, 2.05) is 24.3 Å². The van der Waals surface area contributed by atoms with Gasteiger partial charge in [0.2, 0.25) is 0 Å². The molecule has 2 rings (SSSR count). The summed E-state index contributed by atoms with van der Waals surface area (Å²) in [4.78, 5) is 25.3. The van der Waals surface area contributed by atoms with Crippen molar-refractivity contribution in [2.24, 2.45) is 11.8 Å². The molecular weight excluding hydrogens is 444 g/mol. The van der Waals surface area contributed by atoms with E-state index >= 15 is 0 Å². The normalized spacial score (nSPS) is 11.7. The van der Waals surface area contributed by atoms with Crippen molar-refractivity contribution in [3.63, 3.8) is 0 Å². The zero-order chi connectivity index (χ0) is 25.8. The molecule has 6 nitrogen and oxygen atoms in total. The highest BCUT2D eigenvalue weighted by molar-refractivity contribution is 6.02. The van der Waals surface area contributed by atoms with Gasteiger partial charge in [0.25, 0.3) is 0 Å². The van der Waals surface area contributed by atoms with Gasteiger partial charge in [0.1, 0.15) is 17.1 Å². The molecule has 2 aromatic carbocycles. The number of hydrogen-bond acceptors (Lipinski definition) is 6. The van der Waals surface area contributed by atoms with Gasteiger partial charge in [0, 0.05) is 0 Å². The first-order valence-corrected chi connectivity index (χ1v) is 12.6. The van der Waals surface area contributed by atoms with Gasteiger partial charge in [-0.25, -0.2) is 9.59 Å². The predicted molar refractivity (Wildman–Crippen MR) is 138 cm³/mol. The zero-order valence-corrected chi connectivity index (χ0v) is 22.0. The molecule has 1 unspecified atom stereocenters. The number of rotatable bonds is 14. The fourth-order valence-electron chi connectivity index (χ4n) is 3.88. The van der Waals surface area contributed by atoms with Gasteiger partial charge in [-0.1, -0.05) is 52.2 Å². The van der Waals surface area contributed by atoms with E-state index in [0.29, 0.717) is 29.4 Å². The summed E-state index contributed by atoms with van der Waals surface area (Å²) in [5.41, 5.74) is 1.86. The molecule has 35 heavy (non-hydrogen) atoms. The minimum Gasteiger partial charge on any atom is -0.496 e. The van der Waals surface area contributed by atoms with Crippen LogP contribution in [0.4, 0.5) is 0 Å². The third-order valence-electron chi connectivity index (χ3n) is 5.83. The maximum Gasteiger partial charge on any atom is 0.341 e. The number of hydrogen-bond donors (Lipinski definition) is 0. The van der Waals surface area contributed by atoms with Crippen molar-refractivity contribution in [1.82, 2.24) is 0 Å². The molecule has 0 fully saturated rings. The molecule has 0 aromatic heterocycles. The van der Waals surface area contributed by atoms with Crippen molar-refractivity contribution < 1.29 is 28.5 Å². The maximum atomic E-state index is 12.7. The Morgan fingerprint density at radius 2 is 1.54 bits per heavy atom. The van der Waals surface area contributed by atoms with Crippen LogP contribution < -0.4 is 9.47 Å². The first-order chi connectivity index (χ1) is 16.8. The summed E-state index contributed by atoms with van der Waals surface area (Å²) >= 11 is 0. The lowest BCUT2D eigenvalue weighted by Gasteiger charge is -2.16. The predicted octanol–water partition coefficient (Wildman–Crippen LogP) is 6.95. The monoisotopic (exact) mass is 484 g/mol. The average molecular weight is 485 g/mol. The van der Waals surface area contributed by atoms with Crippen LogP contribution in [0.3, 0.4) is 0 Å². The summed E-state index contributed by atoms with van der Waals surface area (Å²) < 4.78 is 21.9. The van der Waals surface area contributed by atoms with Crippen LogP contribution >= 0.6 is 0 Å². The smallest absolute Gasteiger partial charge is 0.341 e. The van der Waals surface area contributed by atoms with Gasteiger partial charge >= 0.3 is 11.9 Å². The van der Waals surface area contributed by atoms with Gasteiger partial charge in [-0.15, -0.1) is 0 Å². The van der Waals surface area contributed by atoms with Crippen LogP contribution in [0.25, 0.3) is 11.1 Å². The SMILES string of the molecule is CCOC(=O)c1cc(-c2cccc(OCCC(C)CCCC(C)C)c2)c(C(=O)OCC)cc1OC. The standard InChI is InChI=1S/C29H40O6/c1-7-33-28(30)25-19-27(32-6)26(29(31)34-8-2)18-24(25)22-13-10-14-23(17-22)35-16-15-21(5)12-9-11-20(3)4/h10,13-14,17-21H,7-9,11-12,15-16H2,1-6H3. The summed E-state index contributed by atoms with van der Waals surface area (Å²) in [6.45, 7) is 11.4. The first kappa shape index (κ1) is 28.2. The minimum atomic E-state index is -0.514. The molecule has 2 aromatic rings. The largest absolute Gasteiger partial charge is 0.496 e. The molecule has 0 N–H and O–H groups in total. The fraction of sp³-hybridized carbons (Fsp3) is 0.517. The first-order valence-electron chi connectivity index (χ1n) is 12.6. The van der Waals surface area contributed by atoms with Crippen molar-refractivity contribution in [2.45, 2.75) is 60.3 Å². The summed E-state index contributed by atoms with van der Waals surface area (Å²) in [6, 6.07) is 10.7. The highest BCUT2D eigenvalue weighted by Crippen LogP contribution is 2.34. The van der Waals surface area contributed by atoms with E-state index in [-0.39, 0.29) is 24.5 Å². The van der Waals surface area contributed by atoms with Crippen molar-refractivity contribution in [2.75, 3.05) is 26.9 Å². The highest BCUT2D eigenvalue weighted by Gasteiger charge is 2.22. The topological polar surface area (TPSA) is 71.1 Å². The fourth-order valence-corrected chi connectivity index (χ4v) is 3.88. The van der Waals surface area contributed by atoms with Crippen molar-refractivity contribution in [3.8, 4) is 22.6 Å². The molecule has 0 spiro atoms. The van der Waals surface area contributed by atoms with Crippen LogP contribution in [-0.2, 0) is 9.47 Å². The third kappa shape index (κ3) is 8.61. The summed E-state index contributed by atoms with van der Waals surface area (Å²) in [6.07, 6.45) is 4.68. The lowest BCUT2D eigenvalue weighted by molar-refractivity contribution is 0.0509. The Labute approximate surface area is 209 Å². The number of methoxy groups -OCH3 is 1. The summed E-state index contributed by atoms with van der Waals surface area (Å²) in [7, 11) is 1.45. The summed E-state index contributed by atoms with van der Waals surface area (Å²) in [5.74, 6) is 1.30. The molecule has 0 bridgehead atoms. The Morgan fingerprint density at radius 3 is 2.17 bits per heavy atom. The van der Waals surface area contributed by atoms with Gasteiger partial charge in [0.05, 0.1) is 32.5 Å². The Hall–Kier alpha value is -3.02. The van der Waals surface area contributed by atoms with E-state index in [2.05, 4.69) is 20.8 Å².